The molecular formula is C70H119NO13. The van der Waals surface area contributed by atoms with Gasteiger partial charge in [-0.2, -0.15) is 0 Å². The van der Waals surface area contributed by atoms with E-state index in [-0.39, 0.29) is 18.9 Å². The fourth-order valence-corrected chi connectivity index (χ4v) is 10.2. The fraction of sp³-hybridized carbons (Fsp3) is 0.729. The van der Waals surface area contributed by atoms with Gasteiger partial charge in [-0.3, -0.25) is 4.79 Å². The Morgan fingerprint density at radius 3 is 1.26 bits per heavy atom. The lowest BCUT2D eigenvalue weighted by molar-refractivity contribution is -0.359. The van der Waals surface area contributed by atoms with Crippen LogP contribution < -0.4 is 5.32 Å². The summed E-state index contributed by atoms with van der Waals surface area (Å²) < 4.78 is 22.9. The van der Waals surface area contributed by atoms with Crippen molar-refractivity contribution in [1.82, 2.24) is 5.32 Å². The summed E-state index contributed by atoms with van der Waals surface area (Å²) >= 11 is 0. The van der Waals surface area contributed by atoms with Crippen LogP contribution in [0.4, 0.5) is 0 Å². The van der Waals surface area contributed by atoms with Crippen molar-refractivity contribution >= 4 is 5.91 Å². The predicted molar refractivity (Wildman–Crippen MR) is 341 cm³/mol. The van der Waals surface area contributed by atoms with E-state index >= 15 is 0 Å². The van der Waals surface area contributed by atoms with Crippen molar-refractivity contribution < 1.29 is 64.6 Å². The van der Waals surface area contributed by atoms with E-state index in [0.29, 0.717) is 12.8 Å². The molecule has 2 rings (SSSR count). The van der Waals surface area contributed by atoms with E-state index in [0.717, 1.165) is 122 Å². The first-order chi connectivity index (χ1) is 41.1. The van der Waals surface area contributed by atoms with E-state index in [9.17, 15) is 45.6 Å². The van der Waals surface area contributed by atoms with Gasteiger partial charge in [-0.05, 0) is 83.5 Å². The number of carbonyl (C=O) groups is 1. The number of allylic oxidation sites excluding steroid dienone is 18. The molecule has 1 amide bonds. The first-order valence-electron chi connectivity index (χ1n) is 33.1. The molecule has 0 aromatic rings. The van der Waals surface area contributed by atoms with Gasteiger partial charge in [0.25, 0.3) is 0 Å². The summed E-state index contributed by atoms with van der Waals surface area (Å²) in [6, 6.07) is -0.842. The largest absolute Gasteiger partial charge is 0.394 e. The molecule has 2 fully saturated rings. The smallest absolute Gasteiger partial charge is 0.220 e. The molecule has 14 heteroatoms. The third-order valence-electron chi connectivity index (χ3n) is 15.5. The average Bonchev–Trinajstić information content (AvgIpc) is 3.23. The van der Waals surface area contributed by atoms with E-state index in [4.69, 9.17) is 18.9 Å². The van der Waals surface area contributed by atoms with Crippen molar-refractivity contribution in [2.24, 2.45) is 0 Å². The van der Waals surface area contributed by atoms with Gasteiger partial charge in [0.05, 0.1) is 32.0 Å². The Morgan fingerprint density at radius 2 is 0.821 bits per heavy atom. The van der Waals surface area contributed by atoms with Crippen LogP contribution in [0.2, 0.25) is 0 Å². The number of carbonyl (C=O) groups excluding carboxylic acids is 1. The average molecular weight is 1180 g/mol. The first kappa shape index (κ1) is 76.7. The number of ether oxygens (including phenoxy) is 4. The Labute approximate surface area is 508 Å². The van der Waals surface area contributed by atoms with Crippen LogP contribution in [0.25, 0.3) is 0 Å². The van der Waals surface area contributed by atoms with E-state index in [1.165, 1.54) is 77.0 Å². The third kappa shape index (κ3) is 38.0. The maximum Gasteiger partial charge on any atom is 0.220 e. The molecule has 0 spiro atoms. The Hall–Kier alpha value is -3.35. The van der Waals surface area contributed by atoms with Crippen LogP contribution in [0.1, 0.15) is 232 Å². The standard InChI is InChI=1S/C70H119NO13/c1-3-5-7-9-11-13-15-17-19-20-21-22-23-24-25-26-27-28-29-30-31-32-33-34-35-36-37-38-40-42-44-46-48-50-52-54-62(75)71-58(59(74)53-51-49-47-45-43-41-39-18-16-14-12-10-8-6-4-2)57-81-69-67(80)65(78)68(61(56-73)83-69)84-70-66(79)64(77)63(76)60(55-72)82-70/h5,7,11,13,17,19,21-22,24-25,27-28,30-31,33-34,36-37,58-61,63-70,72-74,76-80H,3-4,6,8-10,12,14-16,18,20,23,26,29,32,35,38-57H2,1-2H3,(H,71,75)/b7-5-,13-11-,19-17-,22-21-,25-24-,28-27-,31-30-,34-33-,37-36-. The lowest BCUT2D eigenvalue weighted by Crippen LogP contribution is -2.65. The minimum absolute atomic E-state index is 0.222. The highest BCUT2D eigenvalue weighted by molar-refractivity contribution is 5.76. The maximum atomic E-state index is 13.3. The Kier molecular flexibility index (Phi) is 49.2. The quantitative estimate of drug-likeness (QED) is 0.0204. The fourth-order valence-electron chi connectivity index (χ4n) is 10.2. The number of nitrogens with one attached hydrogen (secondary N) is 1. The summed E-state index contributed by atoms with van der Waals surface area (Å²) in [5.74, 6) is -0.222. The SMILES string of the molecule is CC/C=C\C/C=C\C/C=C\C/C=C\C/C=C\C/C=C\C/C=C\C/C=C\C/C=C\CCCCCCCCCC(=O)NC(COC1OC(CO)C(OC2OC(CO)C(O)C(O)C2O)C(O)C1O)C(O)CCCCCCCCCCCCCCCCC. The molecule has 12 unspecified atom stereocenters. The van der Waals surface area contributed by atoms with Gasteiger partial charge >= 0.3 is 0 Å². The van der Waals surface area contributed by atoms with Gasteiger partial charge in [0.1, 0.15) is 48.8 Å². The molecule has 0 aromatic carbocycles. The maximum absolute atomic E-state index is 13.3. The Bertz CT molecular complexity index is 1820. The number of aliphatic hydroxyl groups excluding tert-OH is 8. The Balaban J connectivity index is 1.67. The van der Waals surface area contributed by atoms with Crippen molar-refractivity contribution in [2.75, 3.05) is 19.8 Å². The number of amides is 1. The molecule has 2 saturated heterocycles. The molecular weight excluding hydrogens is 1060 g/mol. The summed E-state index contributed by atoms with van der Waals surface area (Å²) in [7, 11) is 0. The molecule has 12 atom stereocenters. The number of aliphatic hydroxyl groups is 8. The predicted octanol–water partition coefficient (Wildman–Crippen LogP) is 12.8. The van der Waals surface area contributed by atoms with Crippen molar-refractivity contribution in [1.29, 1.82) is 0 Å². The summed E-state index contributed by atoms with van der Waals surface area (Å²) in [4.78, 5) is 13.3. The molecule has 482 valence electrons. The van der Waals surface area contributed by atoms with Gasteiger partial charge < -0.3 is 65.1 Å². The molecule has 9 N–H and O–H groups in total. The van der Waals surface area contributed by atoms with Crippen molar-refractivity contribution in [2.45, 2.75) is 306 Å². The lowest BCUT2D eigenvalue weighted by atomic mass is 9.97. The molecule has 2 aliphatic rings. The van der Waals surface area contributed by atoms with Crippen LogP contribution in [-0.4, -0.2) is 140 Å². The van der Waals surface area contributed by atoms with Crippen LogP contribution in [-0.2, 0) is 23.7 Å². The molecule has 0 saturated carbocycles. The molecule has 2 heterocycles. The van der Waals surface area contributed by atoms with Crippen molar-refractivity contribution in [3.63, 3.8) is 0 Å². The zero-order chi connectivity index (χ0) is 60.9. The van der Waals surface area contributed by atoms with Crippen LogP contribution in [0.3, 0.4) is 0 Å². The van der Waals surface area contributed by atoms with Crippen LogP contribution in [0.15, 0.2) is 109 Å². The summed E-state index contributed by atoms with van der Waals surface area (Å²) in [6.07, 6.45) is 59.5. The minimum Gasteiger partial charge on any atom is -0.394 e. The normalized spacial score (nSPS) is 24.4. The van der Waals surface area contributed by atoms with Gasteiger partial charge in [-0.25, -0.2) is 0 Å². The van der Waals surface area contributed by atoms with Crippen molar-refractivity contribution in [3.8, 4) is 0 Å². The minimum atomic E-state index is -1.79. The third-order valence-corrected chi connectivity index (χ3v) is 15.5. The van der Waals surface area contributed by atoms with Crippen LogP contribution in [0.5, 0.6) is 0 Å². The topological polar surface area (TPSA) is 228 Å². The highest BCUT2D eigenvalue weighted by Crippen LogP contribution is 2.30. The number of unbranched alkanes of at least 4 members (excludes halogenated alkanes) is 21. The van der Waals surface area contributed by atoms with Crippen LogP contribution in [0, 0.1) is 0 Å². The molecule has 2 aliphatic heterocycles. The highest BCUT2D eigenvalue weighted by Gasteiger charge is 2.51. The van der Waals surface area contributed by atoms with Crippen molar-refractivity contribution in [3.05, 3.63) is 109 Å². The lowest BCUT2D eigenvalue weighted by Gasteiger charge is -2.46. The Morgan fingerprint density at radius 1 is 0.440 bits per heavy atom. The molecule has 0 aromatic heterocycles. The van der Waals surface area contributed by atoms with Gasteiger partial charge in [-0.15, -0.1) is 0 Å². The molecule has 0 bridgehead atoms. The van der Waals surface area contributed by atoms with E-state index in [2.05, 4.69) is 129 Å². The highest BCUT2D eigenvalue weighted by atomic mass is 16.7. The van der Waals surface area contributed by atoms with Gasteiger partial charge in [0.2, 0.25) is 5.91 Å². The molecule has 0 aliphatic carbocycles. The zero-order valence-corrected chi connectivity index (χ0v) is 52.1. The van der Waals surface area contributed by atoms with E-state index in [1.807, 2.05) is 0 Å². The monoisotopic (exact) mass is 1180 g/mol. The number of hydrogen-bond donors (Lipinski definition) is 9. The number of rotatable bonds is 52. The number of hydrogen-bond acceptors (Lipinski definition) is 13. The second kappa shape index (κ2) is 53.9. The van der Waals surface area contributed by atoms with Crippen LogP contribution >= 0.6 is 0 Å². The zero-order valence-electron chi connectivity index (χ0n) is 52.1. The van der Waals surface area contributed by atoms with Gasteiger partial charge in [0, 0.05) is 6.42 Å². The summed E-state index contributed by atoms with van der Waals surface area (Å²) in [5.41, 5.74) is 0. The first-order valence-corrected chi connectivity index (χ1v) is 33.1. The van der Waals surface area contributed by atoms with Gasteiger partial charge in [-0.1, -0.05) is 252 Å². The van der Waals surface area contributed by atoms with E-state index < -0.39 is 86.8 Å². The molecule has 0 radical (unpaired) electrons. The second-order valence-electron chi connectivity index (χ2n) is 22.9. The summed E-state index contributed by atoms with van der Waals surface area (Å²) in [6.45, 7) is 2.73. The van der Waals surface area contributed by atoms with E-state index in [1.54, 1.807) is 0 Å². The molecule has 14 nitrogen and oxygen atoms in total. The summed E-state index contributed by atoms with van der Waals surface area (Å²) in [5, 5.41) is 87.4. The molecule has 84 heavy (non-hydrogen) atoms. The second-order valence-corrected chi connectivity index (χ2v) is 22.9. The van der Waals surface area contributed by atoms with Gasteiger partial charge in [0.15, 0.2) is 12.6 Å².